The minimum Gasteiger partial charge on any atom is -0.434 e. The van der Waals surface area contributed by atoms with Gasteiger partial charge >= 0.3 is 6.61 Å². The molecule has 0 amide bonds. The number of nitriles is 1. The summed E-state index contributed by atoms with van der Waals surface area (Å²) in [4.78, 5) is -0.410. The third kappa shape index (κ3) is 3.12. The first-order chi connectivity index (χ1) is 7.75. The molecule has 0 aliphatic heterocycles. The van der Waals surface area contributed by atoms with Crippen LogP contribution in [-0.2, 0) is 10.0 Å². The first-order valence-corrected chi connectivity index (χ1v) is 5.82. The Kier molecular flexibility index (Phi) is 3.65. The molecule has 0 aliphatic rings. The van der Waals surface area contributed by atoms with Crippen molar-refractivity contribution in [1.29, 1.82) is 5.26 Å². The molecule has 92 valence electrons. The van der Waals surface area contributed by atoms with Gasteiger partial charge in [-0.1, -0.05) is 0 Å². The molecule has 17 heavy (non-hydrogen) atoms. The zero-order valence-electron chi connectivity index (χ0n) is 8.65. The predicted octanol–water partition coefficient (Wildman–Crippen LogP) is 1.12. The van der Waals surface area contributed by atoms with E-state index in [9.17, 15) is 17.2 Å². The van der Waals surface area contributed by atoms with Crippen LogP contribution in [0.1, 0.15) is 11.1 Å². The highest BCUT2D eigenvalue weighted by Gasteiger charge is 2.18. The van der Waals surface area contributed by atoms with E-state index in [0.717, 1.165) is 12.1 Å². The van der Waals surface area contributed by atoms with Crippen molar-refractivity contribution < 1.29 is 21.9 Å². The first-order valence-electron chi connectivity index (χ1n) is 4.28. The zero-order chi connectivity index (χ0) is 13.2. The highest BCUT2D eigenvalue weighted by atomic mass is 32.2. The van der Waals surface area contributed by atoms with Crippen molar-refractivity contribution >= 4 is 10.0 Å². The Morgan fingerprint density at radius 2 is 2.06 bits per heavy atom. The summed E-state index contributed by atoms with van der Waals surface area (Å²) < 4.78 is 50.6. The van der Waals surface area contributed by atoms with Gasteiger partial charge in [-0.15, -0.1) is 0 Å². The summed E-state index contributed by atoms with van der Waals surface area (Å²) in [7, 11) is -4.10. The van der Waals surface area contributed by atoms with Crippen LogP contribution in [0, 0.1) is 18.3 Å². The normalized spacial score (nSPS) is 11.3. The number of nitrogens with zero attached hydrogens (tertiary/aromatic N) is 1. The third-order valence-electron chi connectivity index (χ3n) is 1.96. The molecule has 0 saturated carbocycles. The summed E-state index contributed by atoms with van der Waals surface area (Å²) in [5.41, 5.74) is -0.193. The maximum Gasteiger partial charge on any atom is 0.387 e. The van der Waals surface area contributed by atoms with E-state index in [2.05, 4.69) is 4.74 Å². The summed E-state index contributed by atoms with van der Waals surface area (Å²) in [5, 5.41) is 13.5. The Balaban J connectivity index is 3.48. The molecule has 2 N–H and O–H groups in total. The summed E-state index contributed by atoms with van der Waals surface area (Å²) in [5.74, 6) is -0.386. The van der Waals surface area contributed by atoms with Gasteiger partial charge < -0.3 is 4.74 Å². The molecular formula is C9H8F2N2O3S. The van der Waals surface area contributed by atoms with Crippen molar-refractivity contribution in [2.45, 2.75) is 18.4 Å². The van der Waals surface area contributed by atoms with Crippen molar-refractivity contribution in [3.63, 3.8) is 0 Å². The zero-order valence-corrected chi connectivity index (χ0v) is 9.46. The summed E-state index contributed by atoms with van der Waals surface area (Å²) in [6, 6.07) is 3.66. The standard InChI is InChI=1S/C9H8F2N2O3S/c1-5-7(16-9(10)11)2-6(4-12)3-8(5)17(13,14)15/h2-3,9H,1H3,(H2,13,14,15). The van der Waals surface area contributed by atoms with Crippen LogP contribution < -0.4 is 9.88 Å². The quantitative estimate of drug-likeness (QED) is 0.883. The fourth-order valence-corrected chi connectivity index (χ4v) is 2.06. The van der Waals surface area contributed by atoms with E-state index in [1.807, 2.05) is 0 Å². The minimum atomic E-state index is -4.10. The fraction of sp³-hybridized carbons (Fsp3) is 0.222. The van der Waals surface area contributed by atoms with Gasteiger partial charge in [0.05, 0.1) is 16.5 Å². The summed E-state index contributed by atoms with van der Waals surface area (Å²) >= 11 is 0. The van der Waals surface area contributed by atoms with Gasteiger partial charge in [0.15, 0.2) is 0 Å². The van der Waals surface area contributed by atoms with E-state index in [4.69, 9.17) is 10.4 Å². The number of benzene rings is 1. The van der Waals surface area contributed by atoms with Crippen LogP contribution in [0.5, 0.6) is 5.75 Å². The molecule has 0 fully saturated rings. The second-order valence-corrected chi connectivity index (χ2v) is 4.66. The Hall–Kier alpha value is -1.72. The molecule has 1 aromatic carbocycles. The molecule has 0 spiro atoms. The van der Waals surface area contributed by atoms with Gasteiger partial charge in [0.2, 0.25) is 10.0 Å². The van der Waals surface area contributed by atoms with E-state index in [-0.39, 0.29) is 16.9 Å². The monoisotopic (exact) mass is 262 g/mol. The average molecular weight is 262 g/mol. The first kappa shape index (κ1) is 13.3. The van der Waals surface area contributed by atoms with Crippen LogP contribution in [0.25, 0.3) is 0 Å². The van der Waals surface area contributed by atoms with Crippen LogP contribution in [0.15, 0.2) is 17.0 Å². The molecule has 0 radical (unpaired) electrons. The van der Waals surface area contributed by atoms with Crippen LogP contribution in [-0.4, -0.2) is 15.0 Å². The minimum absolute atomic E-state index is 0.0631. The SMILES string of the molecule is Cc1c(OC(F)F)cc(C#N)cc1S(N)(=O)=O. The van der Waals surface area contributed by atoms with Crippen molar-refractivity contribution in [2.24, 2.45) is 5.14 Å². The van der Waals surface area contributed by atoms with Gasteiger partial charge in [0, 0.05) is 5.56 Å². The second-order valence-electron chi connectivity index (χ2n) is 3.13. The lowest BCUT2D eigenvalue weighted by Gasteiger charge is -2.11. The molecule has 0 bridgehead atoms. The summed E-state index contributed by atoms with van der Waals surface area (Å²) in [6.07, 6.45) is 0. The van der Waals surface area contributed by atoms with Gasteiger partial charge in [0.1, 0.15) is 5.75 Å². The van der Waals surface area contributed by atoms with E-state index in [1.165, 1.54) is 6.92 Å². The lowest BCUT2D eigenvalue weighted by molar-refractivity contribution is -0.0504. The topological polar surface area (TPSA) is 93.2 Å². The number of hydrogen-bond donors (Lipinski definition) is 1. The number of halogens is 2. The number of rotatable bonds is 3. The molecule has 0 unspecified atom stereocenters. The average Bonchev–Trinajstić information content (AvgIpc) is 2.18. The van der Waals surface area contributed by atoms with Crippen molar-refractivity contribution in [3.05, 3.63) is 23.3 Å². The molecule has 0 saturated heterocycles. The van der Waals surface area contributed by atoms with E-state index < -0.39 is 21.5 Å². The molecule has 1 rings (SSSR count). The Bertz CT molecular complexity index is 579. The smallest absolute Gasteiger partial charge is 0.387 e. The van der Waals surface area contributed by atoms with Gasteiger partial charge in [-0.2, -0.15) is 14.0 Å². The maximum absolute atomic E-state index is 12.1. The number of ether oxygens (including phenoxy) is 1. The molecule has 0 aliphatic carbocycles. The molecule has 0 heterocycles. The number of nitrogens with two attached hydrogens (primary N) is 1. The maximum atomic E-state index is 12.1. The van der Waals surface area contributed by atoms with Crippen molar-refractivity contribution in [3.8, 4) is 11.8 Å². The highest BCUT2D eigenvalue weighted by Crippen LogP contribution is 2.27. The second kappa shape index (κ2) is 4.65. The van der Waals surface area contributed by atoms with E-state index in [0.29, 0.717) is 0 Å². The largest absolute Gasteiger partial charge is 0.434 e. The van der Waals surface area contributed by atoms with Crippen LogP contribution >= 0.6 is 0 Å². The van der Waals surface area contributed by atoms with Crippen molar-refractivity contribution in [2.75, 3.05) is 0 Å². The van der Waals surface area contributed by atoms with Gasteiger partial charge in [-0.3, -0.25) is 0 Å². The molecule has 8 heteroatoms. The number of sulfonamides is 1. The predicted molar refractivity (Wildman–Crippen MR) is 53.9 cm³/mol. The van der Waals surface area contributed by atoms with Crippen molar-refractivity contribution in [1.82, 2.24) is 0 Å². The van der Waals surface area contributed by atoms with E-state index >= 15 is 0 Å². The van der Waals surface area contributed by atoms with Crippen LogP contribution in [0.4, 0.5) is 8.78 Å². The van der Waals surface area contributed by atoms with Gasteiger partial charge in [0.25, 0.3) is 0 Å². The molecular weight excluding hydrogens is 254 g/mol. The molecule has 0 atom stereocenters. The molecule has 1 aromatic rings. The lowest BCUT2D eigenvalue weighted by Crippen LogP contribution is -2.15. The number of primary sulfonamides is 1. The Morgan fingerprint density at radius 3 is 2.47 bits per heavy atom. The molecule has 5 nitrogen and oxygen atoms in total. The number of alkyl halides is 2. The molecule has 0 aromatic heterocycles. The highest BCUT2D eigenvalue weighted by molar-refractivity contribution is 7.89. The van der Waals surface area contributed by atoms with Crippen LogP contribution in [0.3, 0.4) is 0 Å². The summed E-state index contributed by atoms with van der Waals surface area (Å²) in [6.45, 7) is -1.85. The third-order valence-corrected chi connectivity index (χ3v) is 3.00. The lowest BCUT2D eigenvalue weighted by atomic mass is 10.1. The van der Waals surface area contributed by atoms with Gasteiger partial charge in [-0.25, -0.2) is 13.6 Å². The Morgan fingerprint density at radius 1 is 1.47 bits per heavy atom. The van der Waals surface area contributed by atoms with Gasteiger partial charge in [-0.05, 0) is 19.1 Å². The Labute approximate surface area is 96.5 Å². The van der Waals surface area contributed by atoms with Crippen LogP contribution in [0.2, 0.25) is 0 Å². The number of hydrogen-bond acceptors (Lipinski definition) is 4. The van der Waals surface area contributed by atoms with E-state index in [1.54, 1.807) is 6.07 Å². The fourth-order valence-electron chi connectivity index (χ4n) is 1.24.